The van der Waals surface area contributed by atoms with Crippen LogP contribution in [0.3, 0.4) is 0 Å². The largest absolute Gasteiger partial charge is 0.269 e. The topological polar surface area (TPSA) is 43.1 Å². The third-order valence-electron chi connectivity index (χ3n) is 2.42. The van der Waals surface area contributed by atoms with Gasteiger partial charge in [0.15, 0.2) is 0 Å². The zero-order chi connectivity index (χ0) is 11.4. The summed E-state index contributed by atoms with van der Waals surface area (Å²) in [5.74, 6) is 0. The van der Waals surface area contributed by atoms with Crippen LogP contribution in [-0.2, 0) is 6.42 Å². The fraction of sp³-hybridized carbons (Fsp3) is 0.455. The maximum atomic E-state index is 10.5. The van der Waals surface area contributed by atoms with Crippen molar-refractivity contribution in [2.45, 2.75) is 32.1 Å². The van der Waals surface area contributed by atoms with E-state index in [2.05, 4.69) is 0 Å². The molecule has 15 heavy (non-hydrogen) atoms. The van der Waals surface area contributed by atoms with E-state index < -0.39 is 0 Å². The van der Waals surface area contributed by atoms with Crippen LogP contribution in [-0.4, -0.2) is 10.3 Å². The van der Waals surface area contributed by atoms with Gasteiger partial charge in [-0.2, -0.15) is 0 Å². The molecule has 1 aromatic carbocycles. The number of nitro groups is 1. The second-order valence-electron chi connectivity index (χ2n) is 3.58. The standard InChI is InChI=1S/C11H14ClNO2/c1-3-10(12)7-9-4-5-11(13(14)15)6-8(9)2/h4-6,10H,3,7H2,1-2H3. The number of hydrogen-bond acceptors (Lipinski definition) is 2. The molecule has 4 heteroatoms. The van der Waals surface area contributed by atoms with Crippen LogP contribution >= 0.6 is 11.6 Å². The van der Waals surface area contributed by atoms with Crippen molar-refractivity contribution < 1.29 is 4.92 Å². The minimum absolute atomic E-state index is 0.102. The highest BCUT2D eigenvalue weighted by molar-refractivity contribution is 6.20. The Bertz CT molecular complexity index is 366. The molecule has 0 heterocycles. The number of rotatable bonds is 4. The van der Waals surface area contributed by atoms with Gasteiger partial charge in [0.25, 0.3) is 5.69 Å². The first-order valence-corrected chi connectivity index (χ1v) is 5.36. The maximum Gasteiger partial charge on any atom is 0.269 e. The molecule has 0 bridgehead atoms. The number of nitrogens with zero attached hydrogens (tertiary/aromatic N) is 1. The highest BCUT2D eigenvalue weighted by atomic mass is 35.5. The van der Waals surface area contributed by atoms with E-state index >= 15 is 0 Å². The van der Waals surface area contributed by atoms with Crippen LogP contribution in [0.15, 0.2) is 18.2 Å². The van der Waals surface area contributed by atoms with Gasteiger partial charge in [0.05, 0.1) is 4.92 Å². The Morgan fingerprint density at radius 1 is 1.53 bits per heavy atom. The van der Waals surface area contributed by atoms with Crippen LogP contribution in [0.5, 0.6) is 0 Å². The Hall–Kier alpha value is -1.09. The lowest BCUT2D eigenvalue weighted by Crippen LogP contribution is -2.03. The molecule has 1 rings (SSSR count). The zero-order valence-corrected chi connectivity index (χ0v) is 9.62. The molecule has 0 spiro atoms. The summed E-state index contributed by atoms with van der Waals surface area (Å²) < 4.78 is 0. The third kappa shape index (κ3) is 3.20. The number of benzene rings is 1. The van der Waals surface area contributed by atoms with Crippen molar-refractivity contribution in [3.63, 3.8) is 0 Å². The van der Waals surface area contributed by atoms with E-state index in [9.17, 15) is 10.1 Å². The second-order valence-corrected chi connectivity index (χ2v) is 4.19. The predicted octanol–water partition coefficient (Wildman–Crippen LogP) is 3.46. The minimum atomic E-state index is -0.380. The molecule has 0 N–H and O–H groups in total. The fourth-order valence-electron chi connectivity index (χ4n) is 1.41. The minimum Gasteiger partial charge on any atom is -0.258 e. The number of alkyl halides is 1. The van der Waals surface area contributed by atoms with E-state index in [1.54, 1.807) is 12.1 Å². The molecule has 0 radical (unpaired) electrons. The zero-order valence-electron chi connectivity index (χ0n) is 8.87. The summed E-state index contributed by atoms with van der Waals surface area (Å²) in [4.78, 5) is 10.1. The van der Waals surface area contributed by atoms with Gasteiger partial charge in [-0.3, -0.25) is 10.1 Å². The van der Waals surface area contributed by atoms with Gasteiger partial charge in [-0.15, -0.1) is 11.6 Å². The molecule has 0 amide bonds. The van der Waals surface area contributed by atoms with Crippen molar-refractivity contribution in [3.8, 4) is 0 Å². The van der Waals surface area contributed by atoms with E-state index in [0.717, 1.165) is 24.0 Å². The lowest BCUT2D eigenvalue weighted by Gasteiger charge is -2.08. The monoisotopic (exact) mass is 227 g/mol. The summed E-state index contributed by atoms with van der Waals surface area (Å²) in [6, 6.07) is 4.91. The molecule has 3 nitrogen and oxygen atoms in total. The quantitative estimate of drug-likeness (QED) is 0.449. The van der Waals surface area contributed by atoms with Gasteiger partial charge >= 0.3 is 0 Å². The fourth-order valence-corrected chi connectivity index (χ4v) is 1.57. The molecule has 0 fully saturated rings. The van der Waals surface area contributed by atoms with E-state index in [4.69, 9.17) is 11.6 Å². The van der Waals surface area contributed by atoms with Gasteiger partial charge < -0.3 is 0 Å². The molecule has 0 aliphatic carbocycles. The molecule has 0 saturated carbocycles. The van der Waals surface area contributed by atoms with Crippen LogP contribution in [0.2, 0.25) is 0 Å². The number of non-ortho nitro benzene ring substituents is 1. The molecule has 1 atom stereocenters. The molecule has 0 aliphatic rings. The SMILES string of the molecule is CCC(Cl)Cc1ccc([N+](=O)[O-])cc1C. The highest BCUT2D eigenvalue weighted by Crippen LogP contribution is 2.20. The molecule has 82 valence electrons. The van der Waals surface area contributed by atoms with Crippen LogP contribution in [0, 0.1) is 17.0 Å². The number of aryl methyl sites for hydroxylation is 1. The summed E-state index contributed by atoms with van der Waals surface area (Å²) in [6.07, 6.45) is 1.67. The summed E-state index contributed by atoms with van der Waals surface area (Å²) in [5, 5.41) is 10.6. The summed E-state index contributed by atoms with van der Waals surface area (Å²) in [5.41, 5.74) is 2.16. The predicted molar refractivity (Wildman–Crippen MR) is 61.5 cm³/mol. The Morgan fingerprint density at radius 2 is 2.20 bits per heavy atom. The first kappa shape index (κ1) is 12.0. The van der Waals surface area contributed by atoms with Gasteiger partial charge in [0, 0.05) is 17.5 Å². The molecular weight excluding hydrogens is 214 g/mol. The smallest absolute Gasteiger partial charge is 0.258 e. The van der Waals surface area contributed by atoms with Gasteiger partial charge in [-0.05, 0) is 30.9 Å². The summed E-state index contributed by atoms with van der Waals surface area (Å²) in [6.45, 7) is 3.90. The van der Waals surface area contributed by atoms with Gasteiger partial charge in [0.1, 0.15) is 0 Å². The Balaban J connectivity index is 2.88. The number of hydrogen-bond donors (Lipinski definition) is 0. The van der Waals surface area contributed by atoms with Crippen molar-refractivity contribution in [3.05, 3.63) is 39.4 Å². The summed E-state index contributed by atoms with van der Waals surface area (Å²) in [7, 11) is 0. The third-order valence-corrected chi connectivity index (χ3v) is 2.88. The molecular formula is C11H14ClNO2. The first-order valence-electron chi connectivity index (χ1n) is 4.92. The Kier molecular flexibility index (Phi) is 4.09. The maximum absolute atomic E-state index is 10.5. The molecule has 0 aliphatic heterocycles. The lowest BCUT2D eigenvalue weighted by molar-refractivity contribution is -0.384. The van der Waals surface area contributed by atoms with E-state index in [1.807, 2.05) is 13.8 Å². The molecule has 0 aromatic heterocycles. The van der Waals surface area contributed by atoms with Crippen LogP contribution < -0.4 is 0 Å². The van der Waals surface area contributed by atoms with Crippen molar-refractivity contribution in [2.24, 2.45) is 0 Å². The Labute approximate surface area is 94.2 Å². The first-order chi connectivity index (χ1) is 7.04. The van der Waals surface area contributed by atoms with E-state index in [0.29, 0.717) is 0 Å². The molecule has 1 aromatic rings. The Morgan fingerprint density at radius 3 is 2.67 bits per heavy atom. The average molecular weight is 228 g/mol. The van der Waals surface area contributed by atoms with Crippen molar-refractivity contribution >= 4 is 17.3 Å². The summed E-state index contributed by atoms with van der Waals surface area (Å²) >= 11 is 6.04. The van der Waals surface area contributed by atoms with Gasteiger partial charge in [-0.25, -0.2) is 0 Å². The molecule has 1 unspecified atom stereocenters. The highest BCUT2D eigenvalue weighted by Gasteiger charge is 2.10. The second kappa shape index (κ2) is 5.12. The normalized spacial score (nSPS) is 12.5. The van der Waals surface area contributed by atoms with Gasteiger partial charge in [0.2, 0.25) is 0 Å². The van der Waals surface area contributed by atoms with Crippen molar-refractivity contribution in [1.29, 1.82) is 0 Å². The average Bonchev–Trinajstić information content (AvgIpc) is 2.20. The lowest BCUT2D eigenvalue weighted by atomic mass is 10.0. The number of halogens is 1. The van der Waals surface area contributed by atoms with Crippen LogP contribution in [0.1, 0.15) is 24.5 Å². The molecule has 0 saturated heterocycles. The van der Waals surface area contributed by atoms with Crippen LogP contribution in [0.25, 0.3) is 0 Å². The number of nitro benzene ring substituents is 1. The van der Waals surface area contributed by atoms with E-state index in [1.165, 1.54) is 6.07 Å². The van der Waals surface area contributed by atoms with Crippen LogP contribution in [0.4, 0.5) is 5.69 Å². The van der Waals surface area contributed by atoms with Crippen molar-refractivity contribution in [1.82, 2.24) is 0 Å². The van der Waals surface area contributed by atoms with Gasteiger partial charge in [-0.1, -0.05) is 13.0 Å². The van der Waals surface area contributed by atoms with E-state index in [-0.39, 0.29) is 16.0 Å². The van der Waals surface area contributed by atoms with Crippen molar-refractivity contribution in [2.75, 3.05) is 0 Å².